The quantitative estimate of drug-likeness (QED) is 0.333. The van der Waals surface area contributed by atoms with Crippen LogP contribution in [0.15, 0.2) is 72.3 Å². The molecular formula is C21H16ClN5OS. The Hall–Kier alpha value is -3.03. The lowest BCUT2D eigenvalue weighted by atomic mass is 10.1. The maximum absolute atomic E-state index is 12.6. The Morgan fingerprint density at radius 2 is 1.86 bits per heavy atom. The Bertz CT molecular complexity index is 1150. The number of Topliss-reactive ketones (excluding diaryl/α,β-unsaturated/α-hetero) is 1. The van der Waals surface area contributed by atoms with Crippen LogP contribution in [0.4, 0.5) is 0 Å². The lowest BCUT2D eigenvalue weighted by Crippen LogP contribution is -2.06. The van der Waals surface area contributed by atoms with E-state index in [0.717, 1.165) is 11.3 Å². The summed E-state index contributed by atoms with van der Waals surface area (Å²) in [6.07, 6.45) is 4.85. The van der Waals surface area contributed by atoms with Crippen molar-refractivity contribution in [1.82, 2.24) is 24.7 Å². The predicted octanol–water partition coefficient (Wildman–Crippen LogP) is 4.66. The van der Waals surface area contributed by atoms with Gasteiger partial charge in [0.2, 0.25) is 0 Å². The summed E-state index contributed by atoms with van der Waals surface area (Å²) in [5.41, 5.74) is 3.13. The van der Waals surface area contributed by atoms with Crippen LogP contribution in [-0.2, 0) is 0 Å². The van der Waals surface area contributed by atoms with Gasteiger partial charge >= 0.3 is 0 Å². The van der Waals surface area contributed by atoms with Gasteiger partial charge in [0.15, 0.2) is 16.8 Å². The molecule has 2 aromatic carbocycles. The lowest BCUT2D eigenvalue weighted by Gasteiger charge is -2.10. The molecule has 2 heterocycles. The van der Waals surface area contributed by atoms with E-state index in [0.29, 0.717) is 27.3 Å². The van der Waals surface area contributed by atoms with E-state index in [2.05, 4.69) is 20.2 Å². The number of aromatic nitrogens is 5. The molecule has 6 nitrogen and oxygen atoms in total. The number of nitrogens with zero attached hydrogens (tertiary/aromatic N) is 5. The van der Waals surface area contributed by atoms with E-state index >= 15 is 0 Å². The van der Waals surface area contributed by atoms with Crippen molar-refractivity contribution in [3.8, 4) is 17.2 Å². The number of halogens is 1. The standard InChI is InChI=1S/C21H16ClN5OS/c1-14-6-8-15(9-7-14)27-20(18-12-23-10-11-24-18)25-26-21(27)29-13-19(28)16-4-2-3-5-17(16)22/h2-12H,13H2,1H3. The number of ketones is 1. The van der Waals surface area contributed by atoms with Crippen LogP contribution in [0.25, 0.3) is 17.2 Å². The van der Waals surface area contributed by atoms with E-state index in [9.17, 15) is 4.79 Å². The van der Waals surface area contributed by atoms with Crippen molar-refractivity contribution in [2.45, 2.75) is 12.1 Å². The van der Waals surface area contributed by atoms with E-state index in [1.54, 1.807) is 42.9 Å². The molecule has 0 aliphatic carbocycles. The van der Waals surface area contributed by atoms with E-state index in [4.69, 9.17) is 11.6 Å². The molecule has 0 radical (unpaired) electrons. The molecule has 4 aromatic rings. The maximum Gasteiger partial charge on any atom is 0.196 e. The fraction of sp³-hybridized carbons (Fsp3) is 0.0952. The first kappa shape index (κ1) is 19.3. The lowest BCUT2D eigenvalue weighted by molar-refractivity contribution is 0.102. The summed E-state index contributed by atoms with van der Waals surface area (Å²) in [6, 6.07) is 15.0. The van der Waals surface area contributed by atoms with Crippen molar-refractivity contribution < 1.29 is 4.79 Å². The normalized spacial score (nSPS) is 10.8. The van der Waals surface area contributed by atoms with Gasteiger partial charge in [-0.05, 0) is 31.2 Å². The summed E-state index contributed by atoms with van der Waals surface area (Å²) in [5.74, 6) is 0.684. The molecule has 0 atom stereocenters. The third-order valence-corrected chi connectivity index (χ3v) is 5.48. The largest absolute Gasteiger partial charge is 0.293 e. The first-order chi connectivity index (χ1) is 14.1. The summed E-state index contributed by atoms with van der Waals surface area (Å²) < 4.78 is 1.88. The monoisotopic (exact) mass is 421 g/mol. The highest BCUT2D eigenvalue weighted by atomic mass is 35.5. The molecule has 0 unspecified atom stereocenters. The second kappa shape index (κ2) is 8.55. The minimum absolute atomic E-state index is 0.0693. The van der Waals surface area contributed by atoms with E-state index in [-0.39, 0.29) is 11.5 Å². The van der Waals surface area contributed by atoms with E-state index in [1.807, 2.05) is 35.8 Å². The molecule has 8 heteroatoms. The Labute approximate surface area is 177 Å². The van der Waals surface area contributed by atoms with Gasteiger partial charge in [0.25, 0.3) is 0 Å². The van der Waals surface area contributed by atoms with Gasteiger partial charge in [-0.15, -0.1) is 10.2 Å². The van der Waals surface area contributed by atoms with Crippen molar-refractivity contribution in [3.63, 3.8) is 0 Å². The molecule has 0 fully saturated rings. The number of carbonyl (C=O) groups excluding carboxylic acids is 1. The summed E-state index contributed by atoms with van der Waals surface area (Å²) >= 11 is 7.45. The first-order valence-corrected chi connectivity index (χ1v) is 10.2. The molecule has 0 bridgehead atoms. The number of hydrogen-bond donors (Lipinski definition) is 0. The van der Waals surface area contributed by atoms with Crippen LogP contribution in [0.5, 0.6) is 0 Å². The highest BCUT2D eigenvalue weighted by Gasteiger charge is 2.19. The molecule has 0 amide bonds. The number of thioether (sulfide) groups is 1. The molecule has 4 rings (SSSR count). The summed E-state index contributed by atoms with van der Waals surface area (Å²) in [4.78, 5) is 21.1. The Kier molecular flexibility index (Phi) is 5.69. The van der Waals surface area contributed by atoms with Crippen molar-refractivity contribution in [2.24, 2.45) is 0 Å². The van der Waals surface area contributed by atoms with Gasteiger partial charge in [-0.3, -0.25) is 14.3 Å². The zero-order valence-electron chi connectivity index (χ0n) is 15.5. The Balaban J connectivity index is 1.68. The fourth-order valence-corrected chi connectivity index (χ4v) is 3.84. The summed E-state index contributed by atoms with van der Waals surface area (Å²) in [7, 11) is 0. The van der Waals surface area contributed by atoms with Crippen molar-refractivity contribution in [3.05, 3.63) is 83.3 Å². The van der Waals surface area contributed by atoms with Crippen LogP contribution < -0.4 is 0 Å². The molecule has 0 saturated heterocycles. The minimum Gasteiger partial charge on any atom is -0.293 e. The smallest absolute Gasteiger partial charge is 0.196 e. The number of hydrogen-bond acceptors (Lipinski definition) is 6. The summed E-state index contributed by atoms with van der Waals surface area (Å²) in [6.45, 7) is 2.03. The Morgan fingerprint density at radius 1 is 1.07 bits per heavy atom. The molecule has 0 aliphatic rings. The summed E-state index contributed by atoms with van der Waals surface area (Å²) in [5, 5.41) is 9.64. The molecular weight excluding hydrogens is 406 g/mol. The van der Waals surface area contributed by atoms with E-state index < -0.39 is 0 Å². The van der Waals surface area contributed by atoms with Crippen molar-refractivity contribution in [2.75, 3.05) is 5.75 Å². The number of benzene rings is 2. The molecule has 0 saturated carbocycles. The van der Waals surface area contributed by atoms with Gasteiger partial charge in [0, 0.05) is 23.6 Å². The van der Waals surface area contributed by atoms with Gasteiger partial charge in [-0.1, -0.05) is 53.2 Å². The second-order valence-corrected chi connectivity index (χ2v) is 7.61. The molecule has 0 spiro atoms. The number of rotatable bonds is 6. The Morgan fingerprint density at radius 3 is 2.59 bits per heavy atom. The first-order valence-electron chi connectivity index (χ1n) is 8.83. The third kappa shape index (κ3) is 4.21. The van der Waals surface area contributed by atoms with E-state index in [1.165, 1.54) is 11.8 Å². The highest BCUT2D eigenvalue weighted by Crippen LogP contribution is 2.28. The zero-order valence-corrected chi connectivity index (χ0v) is 17.1. The third-order valence-electron chi connectivity index (χ3n) is 4.22. The number of carbonyl (C=O) groups is 1. The van der Waals surface area contributed by atoms with Gasteiger partial charge in [0.1, 0.15) is 5.69 Å². The van der Waals surface area contributed by atoms with Gasteiger partial charge in [0.05, 0.1) is 17.0 Å². The zero-order chi connectivity index (χ0) is 20.2. The van der Waals surface area contributed by atoms with Crippen LogP contribution in [0, 0.1) is 6.92 Å². The van der Waals surface area contributed by atoms with Gasteiger partial charge < -0.3 is 0 Å². The van der Waals surface area contributed by atoms with Crippen LogP contribution in [-0.4, -0.2) is 36.3 Å². The van der Waals surface area contributed by atoms with Crippen LogP contribution >= 0.6 is 23.4 Å². The molecule has 29 heavy (non-hydrogen) atoms. The molecule has 0 aliphatic heterocycles. The second-order valence-electron chi connectivity index (χ2n) is 6.26. The van der Waals surface area contributed by atoms with Crippen molar-refractivity contribution >= 4 is 29.1 Å². The highest BCUT2D eigenvalue weighted by molar-refractivity contribution is 7.99. The minimum atomic E-state index is -0.0693. The van der Waals surface area contributed by atoms with Crippen LogP contribution in [0.3, 0.4) is 0 Å². The van der Waals surface area contributed by atoms with Crippen molar-refractivity contribution in [1.29, 1.82) is 0 Å². The van der Waals surface area contributed by atoms with Crippen LogP contribution in [0.2, 0.25) is 5.02 Å². The molecule has 144 valence electrons. The maximum atomic E-state index is 12.6. The molecule has 2 aromatic heterocycles. The topological polar surface area (TPSA) is 73.6 Å². The van der Waals surface area contributed by atoms with Gasteiger partial charge in [-0.25, -0.2) is 4.98 Å². The average molecular weight is 422 g/mol. The SMILES string of the molecule is Cc1ccc(-n2c(SCC(=O)c3ccccc3Cl)nnc2-c2cnccn2)cc1. The molecule has 0 N–H and O–H groups in total. The predicted molar refractivity (Wildman–Crippen MR) is 114 cm³/mol. The van der Waals surface area contributed by atoms with Crippen LogP contribution in [0.1, 0.15) is 15.9 Å². The number of aryl methyl sites for hydroxylation is 1. The average Bonchev–Trinajstić information content (AvgIpc) is 3.17. The fourth-order valence-electron chi connectivity index (χ4n) is 2.77. The van der Waals surface area contributed by atoms with Gasteiger partial charge in [-0.2, -0.15) is 0 Å².